The Morgan fingerprint density at radius 3 is 2.65 bits per heavy atom. The van der Waals surface area contributed by atoms with Gasteiger partial charge in [-0.1, -0.05) is 19.3 Å². The van der Waals surface area contributed by atoms with E-state index in [0.29, 0.717) is 23.1 Å². The smallest absolute Gasteiger partial charge is 0.256 e. The van der Waals surface area contributed by atoms with Crippen molar-refractivity contribution < 1.29 is 14.3 Å². The lowest BCUT2D eigenvalue weighted by atomic mass is 9.96. The van der Waals surface area contributed by atoms with Gasteiger partial charge in [-0.3, -0.25) is 4.79 Å². The van der Waals surface area contributed by atoms with Crippen molar-refractivity contribution >= 4 is 11.7 Å². The highest BCUT2D eigenvalue weighted by atomic mass is 16.5. The number of hydrogen-bond donors (Lipinski definition) is 1. The van der Waals surface area contributed by atoms with Gasteiger partial charge in [-0.25, -0.2) is 4.68 Å². The van der Waals surface area contributed by atoms with Gasteiger partial charge in [0, 0.05) is 11.6 Å². The lowest BCUT2D eigenvalue weighted by Crippen LogP contribution is -2.20. The standard InChI is InChI=1S/C20H27N3O3/c1-14(2)26-17-10-9-15(13-18(17)25-3)20(24)22-19-11-12-21-23(19)16-7-5-4-6-8-16/h9-14,16H,4-8H2,1-3H3,(H,22,24). The highest BCUT2D eigenvalue weighted by molar-refractivity contribution is 6.04. The maximum absolute atomic E-state index is 12.7. The largest absolute Gasteiger partial charge is 0.493 e. The number of carbonyl (C=O) groups is 1. The number of rotatable bonds is 6. The zero-order chi connectivity index (χ0) is 18.5. The lowest BCUT2D eigenvalue weighted by Gasteiger charge is -2.24. The van der Waals surface area contributed by atoms with Crippen LogP contribution in [0.15, 0.2) is 30.5 Å². The van der Waals surface area contributed by atoms with Gasteiger partial charge in [-0.15, -0.1) is 0 Å². The van der Waals surface area contributed by atoms with Gasteiger partial charge >= 0.3 is 0 Å². The van der Waals surface area contributed by atoms with E-state index in [0.717, 1.165) is 18.7 Å². The summed E-state index contributed by atoms with van der Waals surface area (Å²) in [4.78, 5) is 12.7. The van der Waals surface area contributed by atoms with Gasteiger partial charge in [0.1, 0.15) is 5.82 Å². The van der Waals surface area contributed by atoms with E-state index in [1.807, 2.05) is 24.6 Å². The number of amides is 1. The van der Waals surface area contributed by atoms with Crippen LogP contribution in [-0.2, 0) is 0 Å². The quantitative estimate of drug-likeness (QED) is 0.830. The molecular formula is C20H27N3O3. The maximum Gasteiger partial charge on any atom is 0.256 e. The third-order valence-electron chi connectivity index (χ3n) is 4.62. The van der Waals surface area contributed by atoms with Gasteiger partial charge in [-0.2, -0.15) is 5.10 Å². The number of hydrogen-bond acceptors (Lipinski definition) is 4. The van der Waals surface area contributed by atoms with E-state index in [1.54, 1.807) is 31.5 Å². The minimum atomic E-state index is -0.183. The number of ether oxygens (including phenoxy) is 2. The molecular weight excluding hydrogens is 330 g/mol. The SMILES string of the molecule is COc1cc(C(=O)Nc2ccnn2C2CCCCC2)ccc1OC(C)C. The zero-order valence-corrected chi connectivity index (χ0v) is 15.7. The van der Waals surface area contributed by atoms with Crippen molar-refractivity contribution in [1.82, 2.24) is 9.78 Å². The van der Waals surface area contributed by atoms with Crippen molar-refractivity contribution in [2.24, 2.45) is 0 Å². The van der Waals surface area contributed by atoms with Crippen LogP contribution in [-0.4, -0.2) is 28.9 Å². The molecule has 0 spiro atoms. The molecule has 0 radical (unpaired) electrons. The molecule has 3 rings (SSSR count). The molecule has 1 heterocycles. The molecule has 0 unspecified atom stereocenters. The number of nitrogens with one attached hydrogen (secondary N) is 1. The van der Waals surface area contributed by atoms with E-state index >= 15 is 0 Å². The van der Waals surface area contributed by atoms with Gasteiger partial charge in [0.15, 0.2) is 11.5 Å². The number of benzene rings is 1. The molecule has 0 atom stereocenters. The molecule has 1 fully saturated rings. The number of nitrogens with zero attached hydrogens (tertiary/aromatic N) is 2. The first-order valence-electron chi connectivity index (χ1n) is 9.28. The molecule has 2 aromatic rings. The molecule has 6 heteroatoms. The second-order valence-electron chi connectivity index (χ2n) is 6.94. The predicted molar refractivity (Wildman–Crippen MR) is 101 cm³/mol. The predicted octanol–water partition coefficient (Wildman–Crippen LogP) is 4.44. The second kappa shape index (κ2) is 8.25. The zero-order valence-electron chi connectivity index (χ0n) is 15.7. The van der Waals surface area contributed by atoms with Crippen LogP contribution in [0.2, 0.25) is 0 Å². The first kappa shape index (κ1) is 18.3. The third-order valence-corrected chi connectivity index (χ3v) is 4.62. The number of carbonyl (C=O) groups excluding carboxylic acids is 1. The molecule has 0 aliphatic heterocycles. The Labute approximate surface area is 154 Å². The minimum absolute atomic E-state index is 0.0356. The summed E-state index contributed by atoms with van der Waals surface area (Å²) in [6, 6.07) is 7.43. The topological polar surface area (TPSA) is 65.4 Å². The molecule has 0 saturated heterocycles. The Balaban J connectivity index is 1.75. The Hall–Kier alpha value is -2.50. The number of aromatic nitrogens is 2. The molecule has 1 aliphatic carbocycles. The molecule has 1 N–H and O–H groups in total. The normalized spacial score (nSPS) is 15.1. The Morgan fingerprint density at radius 1 is 1.19 bits per heavy atom. The van der Waals surface area contributed by atoms with E-state index in [1.165, 1.54) is 19.3 Å². The van der Waals surface area contributed by atoms with Crippen molar-refractivity contribution in [2.45, 2.75) is 58.1 Å². The Bertz CT molecular complexity index is 749. The fourth-order valence-electron chi connectivity index (χ4n) is 3.38. The van der Waals surface area contributed by atoms with Crippen LogP contribution in [0, 0.1) is 0 Å². The molecule has 26 heavy (non-hydrogen) atoms. The lowest BCUT2D eigenvalue weighted by molar-refractivity contribution is 0.102. The van der Waals surface area contributed by atoms with Gasteiger partial charge < -0.3 is 14.8 Å². The molecule has 6 nitrogen and oxygen atoms in total. The summed E-state index contributed by atoms with van der Waals surface area (Å²) in [5.41, 5.74) is 0.523. The summed E-state index contributed by atoms with van der Waals surface area (Å²) in [6.45, 7) is 3.90. The molecule has 1 amide bonds. The van der Waals surface area contributed by atoms with Crippen molar-refractivity contribution in [3.05, 3.63) is 36.0 Å². The second-order valence-corrected chi connectivity index (χ2v) is 6.94. The highest BCUT2D eigenvalue weighted by Crippen LogP contribution is 2.31. The number of anilines is 1. The molecule has 1 aromatic heterocycles. The summed E-state index contributed by atoms with van der Waals surface area (Å²) >= 11 is 0. The monoisotopic (exact) mass is 357 g/mol. The first-order valence-corrected chi connectivity index (χ1v) is 9.28. The number of methoxy groups -OCH3 is 1. The van der Waals surface area contributed by atoms with Crippen LogP contribution >= 0.6 is 0 Å². The van der Waals surface area contributed by atoms with E-state index in [2.05, 4.69) is 10.4 Å². The average Bonchev–Trinajstić information content (AvgIpc) is 3.10. The summed E-state index contributed by atoms with van der Waals surface area (Å²) in [7, 11) is 1.57. The van der Waals surface area contributed by atoms with Crippen molar-refractivity contribution in [2.75, 3.05) is 12.4 Å². The van der Waals surface area contributed by atoms with Gasteiger partial charge in [0.05, 0.1) is 25.5 Å². The van der Waals surface area contributed by atoms with Crippen LogP contribution in [0.1, 0.15) is 62.4 Å². The van der Waals surface area contributed by atoms with Crippen LogP contribution in [0.4, 0.5) is 5.82 Å². The summed E-state index contributed by atoms with van der Waals surface area (Å²) in [5.74, 6) is 1.73. The molecule has 1 saturated carbocycles. The van der Waals surface area contributed by atoms with Crippen LogP contribution in [0.5, 0.6) is 11.5 Å². The summed E-state index contributed by atoms with van der Waals surface area (Å²) in [5, 5.41) is 7.41. The third kappa shape index (κ3) is 4.18. The van der Waals surface area contributed by atoms with Crippen molar-refractivity contribution in [1.29, 1.82) is 0 Å². The highest BCUT2D eigenvalue weighted by Gasteiger charge is 2.20. The van der Waals surface area contributed by atoms with Gasteiger partial charge in [0.2, 0.25) is 0 Å². The van der Waals surface area contributed by atoms with Gasteiger partial charge in [0.25, 0.3) is 5.91 Å². The average molecular weight is 357 g/mol. The van der Waals surface area contributed by atoms with E-state index in [9.17, 15) is 4.79 Å². The maximum atomic E-state index is 12.7. The Morgan fingerprint density at radius 2 is 1.96 bits per heavy atom. The first-order chi connectivity index (χ1) is 12.6. The molecule has 1 aromatic carbocycles. The molecule has 1 aliphatic rings. The van der Waals surface area contributed by atoms with Crippen LogP contribution in [0.3, 0.4) is 0 Å². The van der Waals surface area contributed by atoms with E-state index in [4.69, 9.17) is 9.47 Å². The van der Waals surface area contributed by atoms with Crippen LogP contribution < -0.4 is 14.8 Å². The van der Waals surface area contributed by atoms with E-state index in [-0.39, 0.29) is 12.0 Å². The van der Waals surface area contributed by atoms with Crippen LogP contribution in [0.25, 0.3) is 0 Å². The van der Waals surface area contributed by atoms with E-state index < -0.39 is 0 Å². The molecule has 0 bridgehead atoms. The minimum Gasteiger partial charge on any atom is -0.493 e. The Kier molecular flexibility index (Phi) is 5.81. The van der Waals surface area contributed by atoms with Crippen molar-refractivity contribution in [3.63, 3.8) is 0 Å². The van der Waals surface area contributed by atoms with Gasteiger partial charge in [-0.05, 0) is 44.9 Å². The fourth-order valence-corrected chi connectivity index (χ4v) is 3.38. The fraction of sp³-hybridized carbons (Fsp3) is 0.500. The summed E-state index contributed by atoms with van der Waals surface area (Å²) in [6.07, 6.45) is 7.71. The van der Waals surface area contributed by atoms with Crippen molar-refractivity contribution in [3.8, 4) is 11.5 Å². The molecule has 140 valence electrons. The summed E-state index contributed by atoms with van der Waals surface area (Å²) < 4.78 is 13.0.